The molecule has 0 saturated carbocycles. The van der Waals surface area contributed by atoms with Crippen LogP contribution < -0.4 is 0 Å². The summed E-state index contributed by atoms with van der Waals surface area (Å²) in [4.78, 5) is 38.8. The number of fused-ring (bicyclic) bond motifs is 1. The number of halogens is 2. The predicted octanol–water partition coefficient (Wildman–Crippen LogP) is 5.54. The van der Waals surface area contributed by atoms with Gasteiger partial charge in [0.1, 0.15) is 0 Å². The molecule has 33 heavy (non-hydrogen) atoms. The van der Waals surface area contributed by atoms with E-state index in [-0.39, 0.29) is 32.8 Å². The number of carboxylic acids is 1. The van der Waals surface area contributed by atoms with Crippen molar-refractivity contribution in [1.29, 1.82) is 0 Å². The van der Waals surface area contributed by atoms with Gasteiger partial charge in [0, 0.05) is 25.9 Å². The summed E-state index contributed by atoms with van der Waals surface area (Å²) in [5.74, 6) is -1.64. The van der Waals surface area contributed by atoms with Gasteiger partial charge in [0.05, 0.1) is 37.9 Å². The van der Waals surface area contributed by atoms with Crippen molar-refractivity contribution in [3.8, 4) is 11.1 Å². The third-order valence-electron chi connectivity index (χ3n) is 5.28. The minimum absolute atomic E-state index is 0.153. The summed E-state index contributed by atoms with van der Waals surface area (Å²) in [6.45, 7) is 0. The van der Waals surface area contributed by atoms with Crippen LogP contribution in [0.5, 0.6) is 0 Å². The lowest BCUT2D eigenvalue weighted by Gasteiger charge is -2.12. The zero-order valence-corrected chi connectivity index (χ0v) is 19.2. The van der Waals surface area contributed by atoms with Crippen molar-refractivity contribution in [2.24, 2.45) is 0 Å². The van der Waals surface area contributed by atoms with Crippen molar-refractivity contribution >= 4 is 46.4 Å². The van der Waals surface area contributed by atoms with E-state index in [9.17, 15) is 19.5 Å². The van der Waals surface area contributed by atoms with E-state index in [0.717, 1.165) is 0 Å². The van der Waals surface area contributed by atoms with Crippen molar-refractivity contribution in [3.05, 3.63) is 99.3 Å². The molecule has 166 valence electrons. The third-order valence-corrected chi connectivity index (χ3v) is 5.91. The van der Waals surface area contributed by atoms with Crippen LogP contribution in [0.15, 0.2) is 66.9 Å². The summed E-state index contributed by atoms with van der Waals surface area (Å²) >= 11 is 12.6. The minimum Gasteiger partial charge on any atom is -0.478 e. The molecule has 0 spiro atoms. The molecule has 1 amide bonds. The normalized spacial score (nSPS) is 10.9. The second kappa shape index (κ2) is 8.73. The molecule has 1 N–H and O–H groups in total. The average molecular weight is 481 g/mol. The molecule has 0 aliphatic heterocycles. The van der Waals surface area contributed by atoms with Crippen molar-refractivity contribution < 1.29 is 19.5 Å². The largest absolute Gasteiger partial charge is 0.478 e. The van der Waals surface area contributed by atoms with Gasteiger partial charge in [-0.1, -0.05) is 41.4 Å². The van der Waals surface area contributed by atoms with Crippen LogP contribution in [0.25, 0.3) is 16.6 Å². The number of aromatic nitrogens is 1. The first-order chi connectivity index (χ1) is 15.7. The predicted molar refractivity (Wildman–Crippen MR) is 128 cm³/mol. The van der Waals surface area contributed by atoms with Crippen molar-refractivity contribution in [2.75, 3.05) is 14.1 Å². The maximum Gasteiger partial charge on any atom is 0.335 e. The van der Waals surface area contributed by atoms with E-state index in [2.05, 4.69) is 0 Å². The highest BCUT2D eigenvalue weighted by Gasteiger charge is 2.23. The maximum absolute atomic E-state index is 13.5. The Bertz CT molecular complexity index is 1400. The highest BCUT2D eigenvalue weighted by Crippen LogP contribution is 2.33. The van der Waals surface area contributed by atoms with Gasteiger partial charge in [-0.25, -0.2) is 4.79 Å². The van der Waals surface area contributed by atoms with Crippen LogP contribution in [0.1, 0.15) is 36.8 Å². The number of carboxylic acid groups (broad SMARTS) is 1. The topological polar surface area (TPSA) is 79.1 Å². The fraction of sp³-hybridized carbons (Fsp3) is 0.0800. The van der Waals surface area contributed by atoms with Crippen LogP contribution in [-0.4, -0.2) is 46.2 Å². The summed E-state index contributed by atoms with van der Waals surface area (Å²) in [5, 5.41) is 9.63. The van der Waals surface area contributed by atoms with Gasteiger partial charge in [-0.2, -0.15) is 0 Å². The number of ketones is 1. The van der Waals surface area contributed by atoms with Gasteiger partial charge in [-0.3, -0.25) is 9.59 Å². The first kappa shape index (κ1) is 22.6. The Morgan fingerprint density at radius 2 is 1.48 bits per heavy atom. The Labute approximate surface area is 199 Å². The Kier molecular flexibility index (Phi) is 5.97. The van der Waals surface area contributed by atoms with Crippen LogP contribution in [0.4, 0.5) is 0 Å². The summed E-state index contributed by atoms with van der Waals surface area (Å²) in [6.07, 6.45) is 1.60. The van der Waals surface area contributed by atoms with Crippen LogP contribution in [0, 0.1) is 0 Å². The average Bonchev–Trinajstić information content (AvgIpc) is 3.17. The third kappa shape index (κ3) is 4.11. The van der Waals surface area contributed by atoms with Crippen molar-refractivity contribution in [2.45, 2.75) is 0 Å². The molecule has 8 heteroatoms. The van der Waals surface area contributed by atoms with Gasteiger partial charge in [0.2, 0.25) is 5.78 Å². The number of rotatable bonds is 5. The summed E-state index contributed by atoms with van der Waals surface area (Å²) < 4.78 is 1.64. The molecule has 6 nitrogen and oxygen atoms in total. The SMILES string of the molecule is CN(C)C(=O)c1ccc2c(-c3ccc(C(=O)O)cc3)cc(C(=O)c3c(Cl)cccc3Cl)n2c1. The number of carbonyl (C=O) groups excluding carboxylic acids is 2. The molecule has 0 saturated heterocycles. The van der Waals surface area contributed by atoms with E-state index in [1.54, 1.807) is 73.2 Å². The highest BCUT2D eigenvalue weighted by molar-refractivity contribution is 6.41. The fourth-order valence-corrected chi connectivity index (χ4v) is 4.19. The lowest BCUT2D eigenvalue weighted by atomic mass is 10.0. The maximum atomic E-state index is 13.5. The van der Waals surface area contributed by atoms with Gasteiger partial charge in [-0.05, 0) is 48.0 Å². The van der Waals surface area contributed by atoms with Gasteiger partial charge in [-0.15, -0.1) is 0 Å². The van der Waals surface area contributed by atoms with Gasteiger partial charge in [0.25, 0.3) is 5.91 Å². The number of nitrogens with zero attached hydrogens (tertiary/aromatic N) is 2. The van der Waals surface area contributed by atoms with E-state index >= 15 is 0 Å². The van der Waals surface area contributed by atoms with E-state index < -0.39 is 11.8 Å². The summed E-state index contributed by atoms with van der Waals surface area (Å²) in [7, 11) is 3.29. The molecule has 0 aliphatic carbocycles. The molecule has 0 bridgehead atoms. The molecule has 0 radical (unpaired) electrons. The lowest BCUT2D eigenvalue weighted by Crippen LogP contribution is -2.22. The molecule has 2 heterocycles. The van der Waals surface area contributed by atoms with Gasteiger partial charge < -0.3 is 14.4 Å². The van der Waals surface area contributed by atoms with Crippen molar-refractivity contribution in [1.82, 2.24) is 9.30 Å². The Morgan fingerprint density at radius 1 is 0.879 bits per heavy atom. The molecular formula is C25H18Cl2N2O4. The van der Waals surface area contributed by atoms with Crippen LogP contribution in [0.3, 0.4) is 0 Å². The highest BCUT2D eigenvalue weighted by atomic mass is 35.5. The Morgan fingerprint density at radius 3 is 2.06 bits per heavy atom. The number of benzene rings is 2. The zero-order valence-electron chi connectivity index (χ0n) is 17.7. The number of carbonyl (C=O) groups is 3. The van der Waals surface area contributed by atoms with Crippen LogP contribution in [0.2, 0.25) is 10.0 Å². The van der Waals surface area contributed by atoms with Gasteiger partial charge >= 0.3 is 5.97 Å². The molecule has 4 rings (SSSR count). The molecule has 0 aliphatic rings. The summed E-state index contributed by atoms with van der Waals surface area (Å²) in [6, 6.07) is 16.3. The second-order valence-electron chi connectivity index (χ2n) is 7.62. The minimum atomic E-state index is -1.03. The zero-order chi connectivity index (χ0) is 23.9. The molecule has 0 fully saturated rings. The monoisotopic (exact) mass is 480 g/mol. The fourth-order valence-electron chi connectivity index (χ4n) is 3.63. The number of pyridine rings is 1. The van der Waals surface area contributed by atoms with Crippen molar-refractivity contribution in [3.63, 3.8) is 0 Å². The van der Waals surface area contributed by atoms with Crippen LogP contribution in [-0.2, 0) is 0 Å². The molecule has 2 aromatic carbocycles. The number of hydrogen-bond acceptors (Lipinski definition) is 3. The Hall–Kier alpha value is -3.61. The van der Waals surface area contributed by atoms with E-state index in [1.165, 1.54) is 17.0 Å². The smallest absolute Gasteiger partial charge is 0.335 e. The van der Waals surface area contributed by atoms with E-state index in [4.69, 9.17) is 23.2 Å². The standard InChI is InChI=1S/C25H18Cl2N2O4/c1-28(2)24(31)16-10-11-20-17(14-6-8-15(9-7-14)25(32)33)12-21(29(20)13-16)23(30)22-18(26)4-3-5-19(22)27/h3-13H,1-2H3,(H,32,33). The number of amides is 1. The quantitative estimate of drug-likeness (QED) is 0.380. The first-order valence-corrected chi connectivity index (χ1v) is 10.6. The Balaban J connectivity index is 1.96. The molecule has 2 aromatic heterocycles. The lowest BCUT2D eigenvalue weighted by molar-refractivity contribution is 0.0696. The second-order valence-corrected chi connectivity index (χ2v) is 8.44. The van der Waals surface area contributed by atoms with E-state index in [0.29, 0.717) is 22.2 Å². The van der Waals surface area contributed by atoms with Crippen LogP contribution >= 0.6 is 23.2 Å². The molecule has 4 aromatic rings. The molecule has 0 unspecified atom stereocenters. The molecule has 0 atom stereocenters. The first-order valence-electron chi connectivity index (χ1n) is 9.88. The summed E-state index contributed by atoms with van der Waals surface area (Å²) in [5.41, 5.74) is 3.06. The number of aromatic carboxylic acids is 1. The van der Waals surface area contributed by atoms with E-state index in [1.807, 2.05) is 0 Å². The number of hydrogen-bond donors (Lipinski definition) is 1. The van der Waals surface area contributed by atoms with Gasteiger partial charge in [0.15, 0.2) is 0 Å². The molecular weight excluding hydrogens is 463 g/mol.